The molecule has 1 saturated carbocycles. The van der Waals surface area contributed by atoms with E-state index in [1.807, 2.05) is 54.7 Å². The van der Waals surface area contributed by atoms with E-state index < -0.39 is 0 Å². The molecule has 166 valence electrons. The Balaban J connectivity index is 1.36. The summed E-state index contributed by atoms with van der Waals surface area (Å²) in [6, 6.07) is 21.9. The molecule has 1 heterocycles. The molecule has 0 bridgehead atoms. The van der Waals surface area contributed by atoms with Gasteiger partial charge in [-0.25, -0.2) is 0 Å². The molecule has 1 fully saturated rings. The Hall–Kier alpha value is -3.02. The summed E-state index contributed by atoms with van der Waals surface area (Å²) in [6.45, 7) is 0.461. The first-order valence-electron chi connectivity index (χ1n) is 10.8. The van der Waals surface area contributed by atoms with Crippen LogP contribution in [0.15, 0.2) is 84.0 Å². The van der Waals surface area contributed by atoms with Crippen molar-refractivity contribution in [1.82, 2.24) is 10.3 Å². The minimum atomic E-state index is -0.386. The molecular weight excluding hydrogens is 452 g/mol. The molecule has 1 aliphatic carbocycles. The lowest BCUT2D eigenvalue weighted by molar-refractivity contribution is -0.121. The number of methoxy groups -OCH3 is 1. The van der Waals surface area contributed by atoms with Crippen LogP contribution in [0.1, 0.15) is 18.4 Å². The molecule has 0 radical (unpaired) electrons. The van der Waals surface area contributed by atoms with Gasteiger partial charge in [-0.3, -0.25) is 9.78 Å². The van der Waals surface area contributed by atoms with Crippen molar-refractivity contribution in [2.75, 3.05) is 7.11 Å². The van der Waals surface area contributed by atoms with Crippen LogP contribution >= 0.6 is 23.4 Å². The molecule has 3 aromatic carbocycles. The molecule has 0 unspecified atom stereocenters. The summed E-state index contributed by atoms with van der Waals surface area (Å²) in [5.74, 6) is 0.898. The van der Waals surface area contributed by atoms with E-state index >= 15 is 0 Å². The third-order valence-corrected chi connectivity index (χ3v) is 7.72. The van der Waals surface area contributed by atoms with Gasteiger partial charge in [-0.15, -0.1) is 11.8 Å². The summed E-state index contributed by atoms with van der Waals surface area (Å²) in [5.41, 5.74) is 3.24. The number of rotatable bonds is 7. The van der Waals surface area contributed by atoms with Gasteiger partial charge in [-0.2, -0.15) is 0 Å². The van der Waals surface area contributed by atoms with Crippen LogP contribution in [-0.2, 0) is 11.3 Å². The Morgan fingerprint density at radius 1 is 1.09 bits per heavy atom. The van der Waals surface area contributed by atoms with Crippen molar-refractivity contribution in [2.24, 2.45) is 0 Å². The molecule has 1 N–H and O–H groups in total. The molecule has 1 aliphatic rings. The lowest BCUT2D eigenvalue weighted by Gasteiger charge is -2.17. The van der Waals surface area contributed by atoms with E-state index in [4.69, 9.17) is 16.3 Å². The van der Waals surface area contributed by atoms with Crippen molar-refractivity contribution in [1.29, 1.82) is 0 Å². The number of carbonyl (C=O) groups is 1. The smallest absolute Gasteiger partial charge is 0.236 e. The Morgan fingerprint density at radius 2 is 1.91 bits per heavy atom. The van der Waals surface area contributed by atoms with Crippen LogP contribution < -0.4 is 10.1 Å². The van der Waals surface area contributed by atoms with E-state index in [-0.39, 0.29) is 10.7 Å². The van der Waals surface area contributed by atoms with E-state index in [0.717, 1.165) is 50.9 Å². The summed E-state index contributed by atoms with van der Waals surface area (Å²) in [5, 5.41) is 6.00. The summed E-state index contributed by atoms with van der Waals surface area (Å²) in [4.78, 5) is 18.5. The van der Waals surface area contributed by atoms with Crippen molar-refractivity contribution in [3.05, 3.63) is 89.7 Å². The van der Waals surface area contributed by atoms with Gasteiger partial charge in [0.1, 0.15) is 5.75 Å². The molecule has 1 aromatic heterocycles. The molecule has 1 amide bonds. The SMILES string of the molecule is COc1cccc(-c2ccc(CNC(=O)C3(Sc4ccc(Cl)cc4)CC3)c3cnccc23)c1. The third-order valence-electron chi connectivity index (χ3n) is 5.97. The molecule has 33 heavy (non-hydrogen) atoms. The summed E-state index contributed by atoms with van der Waals surface area (Å²) in [6.07, 6.45) is 5.43. The van der Waals surface area contributed by atoms with E-state index in [0.29, 0.717) is 11.6 Å². The number of hydrogen-bond donors (Lipinski definition) is 1. The zero-order chi connectivity index (χ0) is 22.8. The Morgan fingerprint density at radius 3 is 2.67 bits per heavy atom. The fraction of sp³-hybridized carbons (Fsp3) is 0.185. The first-order chi connectivity index (χ1) is 16.1. The number of benzene rings is 3. The second kappa shape index (κ2) is 9.08. The van der Waals surface area contributed by atoms with Crippen molar-refractivity contribution >= 4 is 40.0 Å². The van der Waals surface area contributed by atoms with Crippen molar-refractivity contribution < 1.29 is 9.53 Å². The Kier molecular flexibility index (Phi) is 6.00. The fourth-order valence-corrected chi connectivity index (χ4v) is 5.32. The molecule has 0 aliphatic heterocycles. The van der Waals surface area contributed by atoms with Gasteiger partial charge in [0.05, 0.1) is 11.9 Å². The van der Waals surface area contributed by atoms with Crippen LogP contribution in [0.2, 0.25) is 5.02 Å². The van der Waals surface area contributed by atoms with Gasteiger partial charge in [0.2, 0.25) is 5.91 Å². The Bertz CT molecular complexity index is 1320. The van der Waals surface area contributed by atoms with Crippen LogP contribution in [0.3, 0.4) is 0 Å². The molecule has 4 aromatic rings. The van der Waals surface area contributed by atoms with E-state index in [1.165, 1.54) is 0 Å². The highest BCUT2D eigenvalue weighted by Crippen LogP contribution is 2.52. The third kappa shape index (κ3) is 4.56. The van der Waals surface area contributed by atoms with Gasteiger partial charge in [0.25, 0.3) is 0 Å². The average Bonchev–Trinajstić information content (AvgIpc) is 3.64. The molecule has 5 rings (SSSR count). The van der Waals surface area contributed by atoms with Crippen LogP contribution in [0.5, 0.6) is 5.75 Å². The number of aromatic nitrogens is 1. The standard InChI is InChI=1S/C27H23ClN2O2S/c1-32-21-4-2-3-18(15-21)23-10-5-19(25-17-29-14-11-24(23)25)16-30-26(31)27(12-13-27)33-22-8-6-20(28)7-9-22/h2-11,14-15,17H,12-13,16H2,1H3,(H,30,31). The molecule has 6 heteroatoms. The monoisotopic (exact) mass is 474 g/mol. The first kappa shape index (κ1) is 21.8. The van der Waals surface area contributed by atoms with Gasteiger partial charge in [0.15, 0.2) is 0 Å². The van der Waals surface area contributed by atoms with Gasteiger partial charge in [-0.1, -0.05) is 35.9 Å². The maximum absolute atomic E-state index is 13.1. The topological polar surface area (TPSA) is 51.2 Å². The zero-order valence-corrected chi connectivity index (χ0v) is 19.7. The van der Waals surface area contributed by atoms with Crippen LogP contribution in [0, 0.1) is 0 Å². The van der Waals surface area contributed by atoms with Crippen LogP contribution in [0.25, 0.3) is 21.9 Å². The number of fused-ring (bicyclic) bond motifs is 1. The van der Waals surface area contributed by atoms with Crippen molar-refractivity contribution in [3.63, 3.8) is 0 Å². The number of ether oxygens (including phenoxy) is 1. The number of halogens is 1. The molecule has 0 atom stereocenters. The number of carbonyl (C=O) groups excluding carboxylic acids is 1. The molecule has 0 spiro atoms. The quantitative estimate of drug-likeness (QED) is 0.332. The molecule has 4 nitrogen and oxygen atoms in total. The maximum Gasteiger partial charge on any atom is 0.236 e. The fourth-order valence-electron chi connectivity index (χ4n) is 4.00. The predicted octanol–water partition coefficient (Wildman–Crippen LogP) is 6.50. The van der Waals surface area contributed by atoms with Crippen LogP contribution in [-0.4, -0.2) is 22.7 Å². The highest BCUT2D eigenvalue weighted by atomic mass is 35.5. The van der Waals surface area contributed by atoms with Crippen LogP contribution in [0.4, 0.5) is 0 Å². The Labute approximate surface area is 202 Å². The minimum Gasteiger partial charge on any atom is -0.497 e. The highest BCUT2D eigenvalue weighted by molar-refractivity contribution is 8.01. The predicted molar refractivity (Wildman–Crippen MR) is 135 cm³/mol. The number of amides is 1. The van der Waals surface area contributed by atoms with Gasteiger partial charge in [0, 0.05) is 34.2 Å². The number of thioether (sulfide) groups is 1. The summed E-state index contributed by atoms with van der Waals surface area (Å²) in [7, 11) is 1.67. The van der Waals surface area contributed by atoms with Crippen molar-refractivity contribution in [3.8, 4) is 16.9 Å². The van der Waals surface area contributed by atoms with Gasteiger partial charge in [-0.05, 0) is 77.4 Å². The normalized spacial score (nSPS) is 14.1. The van der Waals surface area contributed by atoms with E-state index in [1.54, 1.807) is 25.1 Å². The van der Waals surface area contributed by atoms with E-state index in [2.05, 4.69) is 28.5 Å². The lowest BCUT2D eigenvalue weighted by Crippen LogP contribution is -2.33. The maximum atomic E-state index is 13.1. The number of nitrogens with zero attached hydrogens (tertiary/aromatic N) is 1. The first-order valence-corrected chi connectivity index (χ1v) is 12.0. The molecular formula is C27H23ClN2O2S. The zero-order valence-electron chi connectivity index (χ0n) is 18.2. The minimum absolute atomic E-state index is 0.0800. The van der Waals surface area contributed by atoms with Gasteiger partial charge >= 0.3 is 0 Å². The van der Waals surface area contributed by atoms with E-state index in [9.17, 15) is 4.79 Å². The number of hydrogen-bond acceptors (Lipinski definition) is 4. The average molecular weight is 475 g/mol. The highest BCUT2D eigenvalue weighted by Gasteiger charge is 2.50. The molecule has 0 saturated heterocycles. The lowest BCUT2D eigenvalue weighted by atomic mass is 9.96. The second-order valence-electron chi connectivity index (χ2n) is 8.16. The summed E-state index contributed by atoms with van der Waals surface area (Å²) >= 11 is 7.61. The number of nitrogens with one attached hydrogen (secondary N) is 1. The largest absolute Gasteiger partial charge is 0.497 e. The number of pyridine rings is 1. The summed E-state index contributed by atoms with van der Waals surface area (Å²) < 4.78 is 5.01. The second-order valence-corrected chi connectivity index (χ2v) is 10.1. The van der Waals surface area contributed by atoms with Crippen molar-refractivity contribution in [2.45, 2.75) is 29.0 Å². The van der Waals surface area contributed by atoms with Gasteiger partial charge < -0.3 is 10.1 Å².